The second kappa shape index (κ2) is 4.48. The van der Waals surface area contributed by atoms with Crippen LogP contribution >= 0.6 is 0 Å². The van der Waals surface area contributed by atoms with Crippen LogP contribution in [0, 0.1) is 17.8 Å². The third-order valence-electron chi connectivity index (χ3n) is 5.94. The summed E-state index contributed by atoms with van der Waals surface area (Å²) in [5.74, 6) is 2.47. The summed E-state index contributed by atoms with van der Waals surface area (Å²) in [6.45, 7) is 4.71. The van der Waals surface area contributed by atoms with Gasteiger partial charge in [-0.15, -0.1) is 0 Å². The molecule has 3 atom stereocenters. The Balaban J connectivity index is 1.85. The maximum atomic E-state index is 2.55. The highest BCUT2D eigenvalue weighted by Gasteiger charge is 2.51. The van der Waals surface area contributed by atoms with Gasteiger partial charge in [-0.3, -0.25) is 0 Å². The molecule has 0 saturated heterocycles. The molecule has 2 bridgehead atoms. The molecule has 1 saturated carbocycles. The molecule has 1 fully saturated rings. The van der Waals surface area contributed by atoms with E-state index in [9.17, 15) is 0 Å². The summed E-state index contributed by atoms with van der Waals surface area (Å²) in [6.07, 6.45) is 13.3. The van der Waals surface area contributed by atoms with Crippen molar-refractivity contribution >= 4 is 0 Å². The monoisotopic (exact) mass is 266 g/mol. The van der Waals surface area contributed by atoms with Crippen LogP contribution in [-0.4, -0.2) is 0 Å². The molecule has 0 heteroatoms. The van der Waals surface area contributed by atoms with E-state index < -0.39 is 0 Å². The van der Waals surface area contributed by atoms with Crippen LogP contribution in [0.3, 0.4) is 0 Å². The Labute approximate surface area is 123 Å². The molecule has 0 heterocycles. The van der Waals surface area contributed by atoms with E-state index in [1.165, 1.54) is 38.5 Å². The molecule has 0 N–H and O–H groups in total. The first kappa shape index (κ1) is 12.7. The minimum Gasteiger partial charge on any atom is -0.0851 e. The van der Waals surface area contributed by atoms with E-state index in [0.29, 0.717) is 5.41 Å². The standard InChI is InChI=1S/C20H26/c1-14(2)11-17-6-3-5-16-7-4-10-20(19(16)17)13-15-8-9-18(20)12-15/h3,5-6,8-9,14-15,18H,4,7,10-13H2,1-2H3. The Morgan fingerprint density at radius 2 is 2.15 bits per heavy atom. The summed E-state index contributed by atoms with van der Waals surface area (Å²) in [5.41, 5.74) is 5.64. The maximum absolute atomic E-state index is 2.55. The van der Waals surface area contributed by atoms with Gasteiger partial charge < -0.3 is 0 Å². The number of aryl methyl sites for hydroxylation is 1. The smallest absolute Gasteiger partial charge is 0.00271 e. The van der Waals surface area contributed by atoms with Gasteiger partial charge >= 0.3 is 0 Å². The molecule has 20 heavy (non-hydrogen) atoms. The summed E-state index contributed by atoms with van der Waals surface area (Å²) in [6, 6.07) is 7.13. The van der Waals surface area contributed by atoms with Gasteiger partial charge in [-0.25, -0.2) is 0 Å². The summed E-state index contributed by atoms with van der Waals surface area (Å²) >= 11 is 0. The summed E-state index contributed by atoms with van der Waals surface area (Å²) < 4.78 is 0. The minimum atomic E-state index is 0.512. The van der Waals surface area contributed by atoms with E-state index in [-0.39, 0.29) is 0 Å². The van der Waals surface area contributed by atoms with Crippen molar-refractivity contribution in [3.8, 4) is 0 Å². The van der Waals surface area contributed by atoms with Crippen molar-refractivity contribution in [3.63, 3.8) is 0 Å². The predicted octanol–water partition coefficient (Wildman–Crippen LogP) is 5.06. The lowest BCUT2D eigenvalue weighted by molar-refractivity contribution is 0.300. The van der Waals surface area contributed by atoms with Crippen molar-refractivity contribution in [2.24, 2.45) is 17.8 Å². The van der Waals surface area contributed by atoms with E-state index in [2.05, 4.69) is 44.2 Å². The summed E-state index contributed by atoms with van der Waals surface area (Å²) in [5, 5.41) is 0. The number of fused-ring (bicyclic) bond motifs is 5. The maximum Gasteiger partial charge on any atom is 0.00271 e. The topological polar surface area (TPSA) is 0 Å². The quantitative estimate of drug-likeness (QED) is 0.657. The first-order valence-corrected chi connectivity index (χ1v) is 8.48. The highest BCUT2D eigenvalue weighted by molar-refractivity contribution is 5.47. The van der Waals surface area contributed by atoms with Gasteiger partial charge in [0.05, 0.1) is 0 Å². The fourth-order valence-corrected chi connectivity index (χ4v) is 5.36. The van der Waals surface area contributed by atoms with Gasteiger partial charge in [0.15, 0.2) is 0 Å². The van der Waals surface area contributed by atoms with Crippen LogP contribution in [0.15, 0.2) is 30.4 Å². The number of rotatable bonds is 2. The number of hydrogen-bond acceptors (Lipinski definition) is 0. The van der Waals surface area contributed by atoms with Crippen molar-refractivity contribution in [2.45, 2.75) is 57.8 Å². The third-order valence-corrected chi connectivity index (χ3v) is 5.94. The van der Waals surface area contributed by atoms with E-state index >= 15 is 0 Å². The average Bonchev–Trinajstić information content (AvgIpc) is 2.99. The van der Waals surface area contributed by atoms with Crippen LogP contribution in [0.25, 0.3) is 0 Å². The van der Waals surface area contributed by atoms with Gasteiger partial charge in [0, 0.05) is 5.41 Å². The van der Waals surface area contributed by atoms with E-state index in [4.69, 9.17) is 0 Å². The Hall–Kier alpha value is -1.04. The molecule has 0 amide bonds. The number of allylic oxidation sites excluding steroid dienone is 2. The Kier molecular flexibility index (Phi) is 2.84. The normalized spacial score (nSPS) is 34.1. The van der Waals surface area contributed by atoms with Crippen LogP contribution in [0.1, 0.15) is 56.2 Å². The highest BCUT2D eigenvalue weighted by atomic mass is 14.5. The molecule has 4 rings (SSSR count). The molecular formula is C20H26. The molecule has 0 nitrogen and oxygen atoms in total. The molecule has 1 aromatic carbocycles. The van der Waals surface area contributed by atoms with Crippen molar-refractivity contribution in [1.29, 1.82) is 0 Å². The zero-order chi connectivity index (χ0) is 13.7. The van der Waals surface area contributed by atoms with Crippen LogP contribution in [0.5, 0.6) is 0 Å². The van der Waals surface area contributed by atoms with Crippen molar-refractivity contribution < 1.29 is 0 Å². The lowest BCUT2D eigenvalue weighted by Gasteiger charge is -2.43. The second-order valence-corrected chi connectivity index (χ2v) is 7.75. The molecule has 0 aromatic heterocycles. The average molecular weight is 266 g/mol. The van der Waals surface area contributed by atoms with Crippen LogP contribution in [-0.2, 0) is 18.3 Å². The van der Waals surface area contributed by atoms with Crippen molar-refractivity contribution in [1.82, 2.24) is 0 Å². The molecule has 1 aromatic rings. The largest absolute Gasteiger partial charge is 0.0851 e. The molecule has 1 spiro atoms. The van der Waals surface area contributed by atoms with Gasteiger partial charge in [0.2, 0.25) is 0 Å². The first-order valence-electron chi connectivity index (χ1n) is 8.48. The molecule has 106 valence electrons. The number of benzene rings is 1. The van der Waals surface area contributed by atoms with E-state index in [0.717, 1.165) is 17.8 Å². The molecule has 0 aliphatic heterocycles. The Morgan fingerprint density at radius 3 is 2.85 bits per heavy atom. The van der Waals surface area contributed by atoms with E-state index in [1.807, 2.05) is 0 Å². The molecular weight excluding hydrogens is 240 g/mol. The van der Waals surface area contributed by atoms with E-state index in [1.54, 1.807) is 16.7 Å². The van der Waals surface area contributed by atoms with Gasteiger partial charge in [-0.1, -0.05) is 44.2 Å². The molecule has 3 unspecified atom stereocenters. The molecule has 3 aliphatic rings. The van der Waals surface area contributed by atoms with Gasteiger partial charge in [0.25, 0.3) is 0 Å². The molecule has 3 aliphatic carbocycles. The zero-order valence-electron chi connectivity index (χ0n) is 12.9. The van der Waals surface area contributed by atoms with Crippen LogP contribution in [0.2, 0.25) is 0 Å². The summed E-state index contributed by atoms with van der Waals surface area (Å²) in [7, 11) is 0. The Morgan fingerprint density at radius 1 is 1.25 bits per heavy atom. The SMILES string of the molecule is CC(C)Cc1cccc2c1C1(CCC2)CC2C=CC1C2. The zero-order valence-corrected chi connectivity index (χ0v) is 12.9. The van der Waals surface area contributed by atoms with Crippen LogP contribution < -0.4 is 0 Å². The van der Waals surface area contributed by atoms with Crippen molar-refractivity contribution in [2.75, 3.05) is 0 Å². The van der Waals surface area contributed by atoms with Crippen LogP contribution in [0.4, 0.5) is 0 Å². The van der Waals surface area contributed by atoms with Gasteiger partial charge in [-0.2, -0.15) is 0 Å². The predicted molar refractivity (Wildman–Crippen MR) is 85.0 cm³/mol. The highest BCUT2D eigenvalue weighted by Crippen LogP contribution is 2.58. The Bertz CT molecular complexity index is 551. The van der Waals surface area contributed by atoms with Crippen molar-refractivity contribution in [3.05, 3.63) is 47.0 Å². The van der Waals surface area contributed by atoms with Gasteiger partial charge in [-0.05, 0) is 73.0 Å². The second-order valence-electron chi connectivity index (χ2n) is 7.75. The minimum absolute atomic E-state index is 0.512. The summed E-state index contributed by atoms with van der Waals surface area (Å²) in [4.78, 5) is 0. The number of hydrogen-bond donors (Lipinski definition) is 0. The lowest BCUT2D eigenvalue weighted by Crippen LogP contribution is -2.36. The third kappa shape index (κ3) is 1.73. The fraction of sp³-hybridized carbons (Fsp3) is 0.600. The lowest BCUT2D eigenvalue weighted by atomic mass is 9.61. The molecule has 0 radical (unpaired) electrons. The first-order chi connectivity index (χ1) is 9.69. The fourth-order valence-electron chi connectivity index (χ4n) is 5.36. The van der Waals surface area contributed by atoms with Gasteiger partial charge in [0.1, 0.15) is 0 Å².